The SMILES string of the molecule is OCc1cccc2c[nH+]ccc12. The number of H-pyrrole nitrogens is 1. The predicted molar refractivity (Wildman–Crippen MR) is 46.4 cm³/mol. The average molecular weight is 160 g/mol. The second-order valence-corrected chi connectivity index (χ2v) is 2.72. The first-order valence-corrected chi connectivity index (χ1v) is 3.90. The minimum Gasteiger partial charge on any atom is -0.392 e. The van der Waals surface area contributed by atoms with Crippen LogP contribution in [0, 0.1) is 0 Å². The van der Waals surface area contributed by atoms with Crippen LogP contribution in [0.5, 0.6) is 0 Å². The third-order valence-electron chi connectivity index (χ3n) is 1.99. The Hall–Kier alpha value is -1.41. The zero-order valence-electron chi connectivity index (χ0n) is 6.62. The third-order valence-corrected chi connectivity index (χ3v) is 1.99. The van der Waals surface area contributed by atoms with Crippen molar-refractivity contribution in [1.29, 1.82) is 0 Å². The first-order valence-electron chi connectivity index (χ1n) is 3.90. The van der Waals surface area contributed by atoms with Crippen molar-refractivity contribution in [2.24, 2.45) is 0 Å². The summed E-state index contributed by atoms with van der Waals surface area (Å²) >= 11 is 0. The van der Waals surface area contributed by atoms with Crippen molar-refractivity contribution < 1.29 is 10.1 Å². The van der Waals surface area contributed by atoms with Crippen molar-refractivity contribution in [1.82, 2.24) is 0 Å². The van der Waals surface area contributed by atoms with Crippen LogP contribution >= 0.6 is 0 Å². The Morgan fingerprint density at radius 1 is 1.25 bits per heavy atom. The van der Waals surface area contributed by atoms with Crippen molar-refractivity contribution in [3.8, 4) is 0 Å². The van der Waals surface area contributed by atoms with Gasteiger partial charge < -0.3 is 5.11 Å². The van der Waals surface area contributed by atoms with Gasteiger partial charge in [-0.25, -0.2) is 4.98 Å². The maximum atomic E-state index is 9.03. The molecular formula is C10H10NO+. The largest absolute Gasteiger partial charge is 0.392 e. The molecule has 2 heteroatoms. The highest BCUT2D eigenvalue weighted by Gasteiger charge is 1.99. The first-order chi connectivity index (χ1) is 5.92. The molecule has 0 fully saturated rings. The van der Waals surface area contributed by atoms with E-state index in [-0.39, 0.29) is 6.61 Å². The van der Waals surface area contributed by atoms with E-state index in [0.717, 1.165) is 16.3 Å². The number of fused-ring (bicyclic) bond motifs is 1. The standard InChI is InChI=1S/C10H9NO/c12-7-9-3-1-2-8-6-11-5-4-10(8)9/h1-6,12H,7H2/p+1. The second-order valence-electron chi connectivity index (χ2n) is 2.72. The molecule has 2 nitrogen and oxygen atoms in total. The van der Waals surface area contributed by atoms with Gasteiger partial charge in [0, 0.05) is 11.5 Å². The molecule has 0 radical (unpaired) electrons. The summed E-state index contributed by atoms with van der Waals surface area (Å²) in [6.45, 7) is 0.0986. The molecular weight excluding hydrogens is 150 g/mol. The van der Waals surface area contributed by atoms with Crippen molar-refractivity contribution in [3.63, 3.8) is 0 Å². The highest BCUT2D eigenvalue weighted by molar-refractivity contribution is 5.83. The smallest absolute Gasteiger partial charge is 0.174 e. The van der Waals surface area contributed by atoms with Gasteiger partial charge in [-0.05, 0) is 17.0 Å². The van der Waals surface area contributed by atoms with Gasteiger partial charge in [-0.15, -0.1) is 0 Å². The van der Waals surface area contributed by atoms with Gasteiger partial charge in [-0.1, -0.05) is 12.1 Å². The molecule has 2 N–H and O–H groups in total. The third kappa shape index (κ3) is 1.06. The van der Waals surface area contributed by atoms with E-state index in [2.05, 4.69) is 4.98 Å². The normalized spacial score (nSPS) is 10.4. The zero-order valence-corrected chi connectivity index (χ0v) is 6.62. The average Bonchev–Trinajstić information content (AvgIpc) is 2.17. The summed E-state index contributed by atoms with van der Waals surface area (Å²) in [5.41, 5.74) is 0.974. The van der Waals surface area contributed by atoms with Gasteiger partial charge in [0.1, 0.15) is 0 Å². The Morgan fingerprint density at radius 3 is 3.00 bits per heavy atom. The van der Waals surface area contributed by atoms with Gasteiger partial charge in [0.2, 0.25) is 0 Å². The predicted octanol–water partition coefficient (Wildman–Crippen LogP) is 1.15. The van der Waals surface area contributed by atoms with E-state index in [1.165, 1.54) is 0 Å². The van der Waals surface area contributed by atoms with E-state index in [0.29, 0.717) is 0 Å². The quantitative estimate of drug-likeness (QED) is 0.667. The van der Waals surface area contributed by atoms with Crippen LogP contribution in [0.2, 0.25) is 0 Å². The monoisotopic (exact) mass is 160 g/mol. The fourth-order valence-corrected chi connectivity index (χ4v) is 1.37. The number of aliphatic hydroxyl groups is 1. The minimum absolute atomic E-state index is 0.0986. The molecule has 0 atom stereocenters. The molecule has 0 spiro atoms. The van der Waals surface area contributed by atoms with Gasteiger partial charge in [-0.2, -0.15) is 0 Å². The van der Waals surface area contributed by atoms with Crippen LogP contribution in [0.1, 0.15) is 5.56 Å². The van der Waals surface area contributed by atoms with Crippen LogP contribution in [-0.4, -0.2) is 5.11 Å². The van der Waals surface area contributed by atoms with E-state index in [1.54, 1.807) is 0 Å². The fraction of sp³-hybridized carbons (Fsp3) is 0.100. The van der Waals surface area contributed by atoms with Gasteiger partial charge in [0.25, 0.3) is 0 Å². The number of nitrogens with one attached hydrogen (secondary N) is 1. The summed E-state index contributed by atoms with van der Waals surface area (Å²) in [5.74, 6) is 0. The van der Waals surface area contributed by atoms with Crippen molar-refractivity contribution >= 4 is 10.8 Å². The molecule has 60 valence electrons. The molecule has 1 heterocycles. The molecule has 1 aromatic carbocycles. The zero-order chi connectivity index (χ0) is 8.39. The van der Waals surface area contributed by atoms with E-state index < -0.39 is 0 Å². The minimum atomic E-state index is 0.0986. The molecule has 0 unspecified atom stereocenters. The number of pyridine rings is 1. The molecule has 0 aliphatic heterocycles. The van der Waals surface area contributed by atoms with Crippen molar-refractivity contribution in [3.05, 3.63) is 42.2 Å². The molecule has 0 aliphatic carbocycles. The summed E-state index contributed by atoms with van der Waals surface area (Å²) in [6.07, 6.45) is 3.79. The Kier molecular flexibility index (Phi) is 1.76. The second kappa shape index (κ2) is 2.91. The van der Waals surface area contributed by atoms with Crippen LogP contribution in [0.3, 0.4) is 0 Å². The van der Waals surface area contributed by atoms with E-state index >= 15 is 0 Å². The molecule has 12 heavy (non-hydrogen) atoms. The van der Waals surface area contributed by atoms with E-state index in [1.807, 2.05) is 36.7 Å². The first kappa shape index (κ1) is 7.25. The van der Waals surface area contributed by atoms with Crippen LogP contribution in [0.25, 0.3) is 10.8 Å². The molecule has 0 bridgehead atoms. The molecule has 0 saturated carbocycles. The molecule has 2 aromatic rings. The summed E-state index contributed by atoms with van der Waals surface area (Å²) in [7, 11) is 0. The number of rotatable bonds is 1. The van der Waals surface area contributed by atoms with Crippen LogP contribution in [0.4, 0.5) is 0 Å². The van der Waals surface area contributed by atoms with Crippen LogP contribution in [0.15, 0.2) is 36.7 Å². The molecule has 0 amide bonds. The Labute approximate surface area is 70.5 Å². The van der Waals surface area contributed by atoms with Crippen molar-refractivity contribution in [2.75, 3.05) is 0 Å². The van der Waals surface area contributed by atoms with Gasteiger partial charge in [0.15, 0.2) is 12.4 Å². The number of aliphatic hydroxyl groups excluding tert-OH is 1. The molecule has 0 aliphatic rings. The Bertz CT molecular complexity index is 392. The van der Waals surface area contributed by atoms with Crippen LogP contribution in [-0.2, 0) is 6.61 Å². The van der Waals surface area contributed by atoms with E-state index in [4.69, 9.17) is 5.11 Å². The topological polar surface area (TPSA) is 34.4 Å². The van der Waals surface area contributed by atoms with E-state index in [9.17, 15) is 0 Å². The van der Waals surface area contributed by atoms with Crippen molar-refractivity contribution in [2.45, 2.75) is 6.61 Å². The molecule has 1 aromatic heterocycles. The number of aromatic nitrogens is 1. The maximum absolute atomic E-state index is 9.03. The number of aromatic amines is 1. The number of hydrogen-bond donors (Lipinski definition) is 1. The number of hydrogen-bond acceptors (Lipinski definition) is 1. The highest BCUT2D eigenvalue weighted by Crippen LogP contribution is 2.15. The van der Waals surface area contributed by atoms with Gasteiger partial charge in [0.05, 0.1) is 6.61 Å². The Balaban J connectivity index is 2.79. The summed E-state index contributed by atoms with van der Waals surface area (Å²) < 4.78 is 0. The molecule has 0 saturated heterocycles. The lowest BCUT2D eigenvalue weighted by Gasteiger charge is -1.99. The lowest BCUT2D eigenvalue weighted by Crippen LogP contribution is -1.98. The van der Waals surface area contributed by atoms with Gasteiger partial charge in [-0.3, -0.25) is 0 Å². The Morgan fingerprint density at radius 2 is 2.17 bits per heavy atom. The van der Waals surface area contributed by atoms with Crippen LogP contribution < -0.4 is 4.98 Å². The lowest BCUT2D eigenvalue weighted by molar-refractivity contribution is -0.375. The summed E-state index contributed by atoms with van der Waals surface area (Å²) in [4.78, 5) is 3.01. The lowest BCUT2D eigenvalue weighted by atomic mass is 10.1. The molecule has 2 rings (SSSR count). The summed E-state index contributed by atoms with van der Waals surface area (Å²) in [6, 6.07) is 7.87. The summed E-state index contributed by atoms with van der Waals surface area (Å²) in [5, 5.41) is 11.3. The fourth-order valence-electron chi connectivity index (χ4n) is 1.37. The van der Waals surface area contributed by atoms with Gasteiger partial charge >= 0.3 is 0 Å². The maximum Gasteiger partial charge on any atom is 0.174 e. The highest BCUT2D eigenvalue weighted by atomic mass is 16.3. The number of benzene rings is 1.